The number of nitrogens with one attached hydrogen (secondary N) is 1. The van der Waals surface area contributed by atoms with E-state index in [0.717, 1.165) is 49.6 Å². The van der Waals surface area contributed by atoms with Crippen LogP contribution in [0.5, 0.6) is 0 Å². The zero-order chi connectivity index (χ0) is 20.0. The van der Waals surface area contributed by atoms with Gasteiger partial charge in [0.05, 0.1) is 22.8 Å². The summed E-state index contributed by atoms with van der Waals surface area (Å²) >= 11 is 0. The number of hydrogen-bond acceptors (Lipinski definition) is 8. The summed E-state index contributed by atoms with van der Waals surface area (Å²) in [6.45, 7) is 1.88. The van der Waals surface area contributed by atoms with E-state index in [1.54, 1.807) is 6.20 Å². The van der Waals surface area contributed by atoms with Gasteiger partial charge in [0.2, 0.25) is 10.0 Å². The molecule has 3 aromatic rings. The predicted molar refractivity (Wildman–Crippen MR) is 110 cm³/mol. The van der Waals surface area contributed by atoms with Crippen molar-refractivity contribution < 1.29 is 8.42 Å². The maximum Gasteiger partial charge on any atom is 0.213 e. The van der Waals surface area contributed by atoms with Crippen molar-refractivity contribution in [2.24, 2.45) is 5.14 Å². The summed E-state index contributed by atoms with van der Waals surface area (Å²) in [5.74, 6) is 1.36. The number of piperidine rings is 1. The number of primary sulfonamides is 1. The van der Waals surface area contributed by atoms with Crippen LogP contribution in [0.2, 0.25) is 0 Å². The molecule has 5 rings (SSSR count). The first-order valence-corrected chi connectivity index (χ1v) is 11.3. The summed E-state index contributed by atoms with van der Waals surface area (Å²) in [5, 5.41) is 12.2. The Kier molecular flexibility index (Phi) is 4.36. The van der Waals surface area contributed by atoms with Crippen molar-refractivity contribution in [3.05, 3.63) is 30.2 Å². The quantitative estimate of drug-likeness (QED) is 0.650. The molecule has 0 aliphatic carbocycles. The number of H-pyrrole nitrogens is 1. The molecule has 10 nitrogen and oxygen atoms in total. The molecule has 29 heavy (non-hydrogen) atoms. The van der Waals surface area contributed by atoms with Crippen molar-refractivity contribution in [2.75, 3.05) is 29.4 Å². The van der Waals surface area contributed by atoms with Gasteiger partial charge < -0.3 is 9.80 Å². The Morgan fingerprint density at radius 1 is 1.21 bits per heavy atom. The van der Waals surface area contributed by atoms with E-state index in [0.29, 0.717) is 29.9 Å². The molecule has 0 amide bonds. The minimum absolute atomic E-state index is 0.325. The zero-order valence-corrected chi connectivity index (χ0v) is 16.6. The first-order valence-electron chi connectivity index (χ1n) is 9.70. The lowest BCUT2D eigenvalue weighted by Gasteiger charge is -2.32. The third-order valence-electron chi connectivity index (χ3n) is 5.61. The van der Waals surface area contributed by atoms with Crippen molar-refractivity contribution in [1.82, 2.24) is 25.1 Å². The number of fused-ring (bicyclic) bond motifs is 2. The van der Waals surface area contributed by atoms with Crippen molar-refractivity contribution >= 4 is 38.5 Å². The Bertz CT molecular complexity index is 1160. The van der Waals surface area contributed by atoms with Crippen molar-refractivity contribution in [2.45, 2.75) is 30.9 Å². The number of nitrogens with zero attached hydrogens (tertiary/aromatic N) is 6. The van der Waals surface area contributed by atoms with Crippen LogP contribution in [0.15, 0.2) is 24.5 Å². The SMILES string of the molecule is NS(=O)(=O)C1CCCN(c2cnc3c(N4CCCc5ncccc54)n[nH]c3n2)C1. The maximum atomic E-state index is 11.7. The van der Waals surface area contributed by atoms with E-state index < -0.39 is 15.3 Å². The summed E-state index contributed by atoms with van der Waals surface area (Å²) in [4.78, 5) is 17.8. The second-order valence-corrected chi connectivity index (χ2v) is 9.34. The molecule has 0 saturated carbocycles. The van der Waals surface area contributed by atoms with Gasteiger partial charge in [-0.05, 0) is 37.8 Å². The molecular formula is C18H22N8O2S. The van der Waals surface area contributed by atoms with Gasteiger partial charge in [-0.2, -0.15) is 5.10 Å². The largest absolute Gasteiger partial charge is 0.354 e. The van der Waals surface area contributed by atoms with Crippen LogP contribution in [0, 0.1) is 0 Å². The fourth-order valence-electron chi connectivity index (χ4n) is 4.15. The smallest absolute Gasteiger partial charge is 0.213 e. The molecule has 2 aliphatic rings. The van der Waals surface area contributed by atoms with Crippen molar-refractivity contribution in [1.29, 1.82) is 0 Å². The number of hydrogen-bond donors (Lipinski definition) is 2. The van der Waals surface area contributed by atoms with E-state index in [1.807, 2.05) is 23.2 Å². The molecule has 5 heterocycles. The van der Waals surface area contributed by atoms with Gasteiger partial charge in [0.1, 0.15) is 5.82 Å². The lowest BCUT2D eigenvalue weighted by atomic mass is 10.1. The molecule has 0 radical (unpaired) electrons. The maximum absolute atomic E-state index is 11.7. The topological polar surface area (TPSA) is 134 Å². The highest BCUT2D eigenvalue weighted by molar-refractivity contribution is 7.89. The first kappa shape index (κ1) is 18.3. The first-order chi connectivity index (χ1) is 14.0. The average Bonchev–Trinajstić information content (AvgIpc) is 3.16. The van der Waals surface area contributed by atoms with Crippen LogP contribution in [0.3, 0.4) is 0 Å². The lowest BCUT2D eigenvalue weighted by molar-refractivity contribution is 0.531. The van der Waals surface area contributed by atoms with E-state index in [9.17, 15) is 8.42 Å². The summed E-state index contributed by atoms with van der Waals surface area (Å²) in [7, 11) is -3.57. The number of rotatable bonds is 3. The molecule has 0 aromatic carbocycles. The van der Waals surface area contributed by atoms with Crippen LogP contribution >= 0.6 is 0 Å². The highest BCUT2D eigenvalue weighted by Gasteiger charge is 2.29. The molecule has 1 fully saturated rings. The Balaban J connectivity index is 1.47. The van der Waals surface area contributed by atoms with E-state index in [-0.39, 0.29) is 0 Å². The van der Waals surface area contributed by atoms with E-state index in [2.05, 4.69) is 30.0 Å². The molecule has 1 unspecified atom stereocenters. The molecule has 1 atom stereocenters. The van der Waals surface area contributed by atoms with Crippen LogP contribution in [-0.4, -0.2) is 58.5 Å². The van der Waals surface area contributed by atoms with Crippen LogP contribution in [0.4, 0.5) is 17.3 Å². The Morgan fingerprint density at radius 2 is 2.10 bits per heavy atom. The van der Waals surface area contributed by atoms with Gasteiger partial charge in [0, 0.05) is 25.8 Å². The normalized spacial score (nSPS) is 20.1. The molecule has 1 saturated heterocycles. The Morgan fingerprint density at radius 3 is 2.97 bits per heavy atom. The van der Waals surface area contributed by atoms with Gasteiger partial charge >= 0.3 is 0 Å². The number of anilines is 3. The fraction of sp³-hybridized carbons (Fsp3) is 0.444. The predicted octanol–water partition coefficient (Wildman–Crippen LogP) is 1.09. The van der Waals surface area contributed by atoms with E-state index in [1.165, 1.54) is 0 Å². The number of nitrogens with two attached hydrogens (primary N) is 1. The van der Waals surface area contributed by atoms with Crippen LogP contribution in [0.1, 0.15) is 25.0 Å². The van der Waals surface area contributed by atoms with Gasteiger partial charge in [-0.3, -0.25) is 10.1 Å². The van der Waals surface area contributed by atoms with Crippen LogP contribution in [-0.2, 0) is 16.4 Å². The fourth-order valence-corrected chi connectivity index (χ4v) is 5.03. The molecule has 3 N–H and O–H groups in total. The average molecular weight is 414 g/mol. The Hall–Kier alpha value is -2.79. The Labute approximate surface area is 168 Å². The van der Waals surface area contributed by atoms with Crippen molar-refractivity contribution in [3.8, 4) is 0 Å². The molecule has 2 aliphatic heterocycles. The minimum atomic E-state index is -3.57. The third-order valence-corrected chi connectivity index (χ3v) is 6.93. The lowest BCUT2D eigenvalue weighted by Crippen LogP contribution is -2.45. The van der Waals surface area contributed by atoms with E-state index in [4.69, 9.17) is 5.14 Å². The highest BCUT2D eigenvalue weighted by atomic mass is 32.2. The summed E-state index contributed by atoms with van der Waals surface area (Å²) in [5.41, 5.74) is 3.36. The van der Waals surface area contributed by atoms with Gasteiger partial charge in [-0.1, -0.05) is 0 Å². The van der Waals surface area contributed by atoms with Gasteiger partial charge in [0.25, 0.3) is 0 Å². The zero-order valence-electron chi connectivity index (χ0n) is 15.8. The third kappa shape index (κ3) is 3.29. The van der Waals surface area contributed by atoms with Crippen molar-refractivity contribution in [3.63, 3.8) is 0 Å². The number of aromatic amines is 1. The summed E-state index contributed by atoms with van der Waals surface area (Å²) in [6.07, 6.45) is 6.75. The molecule has 152 valence electrons. The second-order valence-electron chi connectivity index (χ2n) is 7.50. The highest BCUT2D eigenvalue weighted by Crippen LogP contribution is 2.34. The molecule has 0 spiro atoms. The molecule has 11 heteroatoms. The second kappa shape index (κ2) is 6.92. The van der Waals surface area contributed by atoms with Crippen LogP contribution in [0.25, 0.3) is 11.2 Å². The summed E-state index contributed by atoms with van der Waals surface area (Å²) in [6, 6.07) is 3.97. The standard InChI is InChI=1S/C18H22N8O2S/c19-29(27,28)12-4-2-8-25(11-12)15-10-21-16-17(22-15)23-24-18(16)26-9-3-5-13-14(26)6-1-7-20-13/h1,6-7,10,12H,2-5,8-9,11H2,(H2,19,27,28)(H,22,23,24). The number of sulfonamides is 1. The minimum Gasteiger partial charge on any atom is -0.354 e. The van der Waals surface area contributed by atoms with Gasteiger partial charge in [0.15, 0.2) is 17.0 Å². The number of aromatic nitrogens is 5. The van der Waals surface area contributed by atoms with Gasteiger partial charge in [-0.15, -0.1) is 0 Å². The van der Waals surface area contributed by atoms with Crippen LogP contribution < -0.4 is 14.9 Å². The monoisotopic (exact) mass is 414 g/mol. The van der Waals surface area contributed by atoms with E-state index >= 15 is 0 Å². The molecule has 0 bridgehead atoms. The molecular weight excluding hydrogens is 392 g/mol. The number of aryl methyl sites for hydroxylation is 1. The molecule has 3 aromatic heterocycles. The van der Waals surface area contributed by atoms with Gasteiger partial charge in [-0.25, -0.2) is 23.5 Å². The summed E-state index contributed by atoms with van der Waals surface area (Å²) < 4.78 is 23.5. The number of pyridine rings is 1.